The lowest BCUT2D eigenvalue weighted by Crippen LogP contribution is -2.23. The molecular formula is C24H21BN4O. The van der Waals surface area contributed by atoms with E-state index in [1.807, 2.05) is 71.4 Å². The van der Waals surface area contributed by atoms with Crippen LogP contribution in [0.25, 0.3) is 28.0 Å². The van der Waals surface area contributed by atoms with Crippen LogP contribution in [0.15, 0.2) is 95.1 Å². The van der Waals surface area contributed by atoms with Crippen molar-refractivity contribution in [3.8, 4) is 16.9 Å². The molecule has 1 aliphatic rings. The van der Waals surface area contributed by atoms with E-state index in [1.165, 1.54) is 5.47 Å². The van der Waals surface area contributed by atoms with Crippen LogP contribution >= 0.6 is 0 Å². The Labute approximate surface area is 175 Å². The first-order chi connectivity index (χ1) is 14.8. The topological polar surface area (TPSA) is 62.7 Å². The molecule has 0 saturated carbocycles. The number of para-hydroxylation sites is 1. The number of nitrogens with one attached hydrogen (secondary N) is 2. The normalized spacial score (nSPS) is 12.9. The van der Waals surface area contributed by atoms with Gasteiger partial charge in [-0.25, -0.2) is 4.68 Å². The van der Waals surface area contributed by atoms with Gasteiger partial charge in [-0.05, 0) is 18.2 Å². The van der Waals surface area contributed by atoms with Gasteiger partial charge in [0.2, 0.25) is 0 Å². The molecule has 0 fully saturated rings. The van der Waals surface area contributed by atoms with E-state index >= 15 is 0 Å². The summed E-state index contributed by atoms with van der Waals surface area (Å²) < 4.78 is 1.81. The first-order valence-electron chi connectivity index (χ1n) is 10.1. The highest BCUT2D eigenvalue weighted by Gasteiger charge is 2.16. The monoisotopic (exact) mass is 392 g/mol. The van der Waals surface area contributed by atoms with Crippen LogP contribution in [0.3, 0.4) is 0 Å². The molecule has 2 aromatic carbocycles. The van der Waals surface area contributed by atoms with Crippen molar-refractivity contribution >= 4 is 18.3 Å². The van der Waals surface area contributed by atoms with Crippen LogP contribution in [0.5, 0.6) is 0 Å². The van der Waals surface area contributed by atoms with Crippen molar-refractivity contribution in [3.05, 3.63) is 106 Å². The zero-order chi connectivity index (χ0) is 20.3. The van der Waals surface area contributed by atoms with Crippen molar-refractivity contribution in [2.45, 2.75) is 6.54 Å². The number of aromatic nitrogens is 3. The van der Waals surface area contributed by atoms with Crippen LogP contribution in [0, 0.1) is 0 Å². The van der Waals surface area contributed by atoms with Gasteiger partial charge >= 0.3 is 0 Å². The molecule has 0 bridgehead atoms. The Bertz CT molecular complexity index is 1300. The highest BCUT2D eigenvalue weighted by atomic mass is 16.1. The van der Waals surface area contributed by atoms with Crippen LogP contribution in [-0.2, 0) is 6.54 Å². The van der Waals surface area contributed by atoms with E-state index in [1.54, 1.807) is 0 Å². The lowest BCUT2D eigenvalue weighted by molar-refractivity contribution is 0.746. The Morgan fingerprint density at radius 1 is 1.00 bits per heavy atom. The summed E-state index contributed by atoms with van der Waals surface area (Å²) in [5.41, 5.74) is 5.43. The second kappa shape index (κ2) is 8.01. The van der Waals surface area contributed by atoms with E-state index in [-0.39, 0.29) is 5.56 Å². The Balaban J connectivity index is 1.58. The molecule has 0 amide bonds. The smallest absolute Gasteiger partial charge is 0.254 e. The average Bonchev–Trinajstić information content (AvgIpc) is 3.43. The number of allylic oxidation sites excluding steroid dienone is 2. The summed E-state index contributed by atoms with van der Waals surface area (Å²) in [5, 5.41) is 9.19. The van der Waals surface area contributed by atoms with Gasteiger partial charge in [-0.2, -0.15) is 5.10 Å². The number of nitrogens with zero attached hydrogens (tertiary/aromatic N) is 2. The fraction of sp³-hybridized carbons (Fsp3) is 0.0833. The summed E-state index contributed by atoms with van der Waals surface area (Å²) >= 11 is 0. The predicted octanol–water partition coefficient (Wildman–Crippen LogP) is 3.32. The number of hydrogen-bond acceptors (Lipinski definition) is 3. The largest absolute Gasteiger partial charge is 0.310 e. The average molecular weight is 392 g/mol. The number of benzene rings is 2. The third kappa shape index (κ3) is 3.53. The minimum Gasteiger partial charge on any atom is -0.310 e. The fourth-order valence-corrected chi connectivity index (χ4v) is 3.79. The van der Waals surface area contributed by atoms with Gasteiger partial charge in [0.15, 0.2) is 7.28 Å². The van der Waals surface area contributed by atoms with Gasteiger partial charge in [-0.15, -0.1) is 5.98 Å². The Hall–Kier alpha value is -3.64. The molecule has 5 rings (SSSR count). The standard InChI is InChI=1S/C24H21BN4O/c30-24-18(15-26-16-19-10-7-13-25-19)14-21-22(17-8-3-1-4-9-17)28-29(23(21)27-24)20-11-5-2-6-12-20/h1-14,25-26H,15-16H2,(H,27,30). The first-order valence-corrected chi connectivity index (χ1v) is 10.1. The van der Waals surface area contributed by atoms with Crippen molar-refractivity contribution in [1.29, 1.82) is 0 Å². The maximum Gasteiger partial charge on any atom is 0.254 e. The zero-order valence-corrected chi connectivity index (χ0v) is 16.5. The molecule has 2 N–H and O–H groups in total. The molecule has 0 radical (unpaired) electrons. The second-order valence-electron chi connectivity index (χ2n) is 7.41. The Kier molecular flexibility index (Phi) is 4.91. The van der Waals surface area contributed by atoms with Crippen LogP contribution in [-0.4, -0.2) is 28.6 Å². The van der Waals surface area contributed by atoms with Crippen molar-refractivity contribution in [2.75, 3.05) is 6.54 Å². The lowest BCUT2D eigenvalue weighted by atomic mass is 9.73. The second-order valence-corrected chi connectivity index (χ2v) is 7.41. The van der Waals surface area contributed by atoms with E-state index < -0.39 is 0 Å². The number of fused-ring (bicyclic) bond motifs is 1. The van der Waals surface area contributed by atoms with Crippen LogP contribution in [0.4, 0.5) is 0 Å². The SMILES string of the molecule is O=c1[nH]c2c(cc1CNCC1=CC=CB1)c(-c1ccccc1)nn2-c1ccccc1. The van der Waals surface area contributed by atoms with Crippen LogP contribution < -0.4 is 10.9 Å². The summed E-state index contributed by atoms with van der Waals surface area (Å²) in [6, 6.07) is 21.9. The molecule has 146 valence electrons. The maximum absolute atomic E-state index is 12.8. The van der Waals surface area contributed by atoms with Gasteiger partial charge in [0, 0.05) is 29.6 Å². The molecule has 30 heavy (non-hydrogen) atoms. The zero-order valence-electron chi connectivity index (χ0n) is 16.5. The Morgan fingerprint density at radius 3 is 2.50 bits per heavy atom. The van der Waals surface area contributed by atoms with E-state index in [4.69, 9.17) is 5.10 Å². The van der Waals surface area contributed by atoms with E-state index in [9.17, 15) is 4.79 Å². The molecule has 3 heterocycles. The molecule has 0 aliphatic carbocycles. The minimum atomic E-state index is -0.0924. The highest BCUT2D eigenvalue weighted by Crippen LogP contribution is 2.28. The number of aromatic amines is 1. The van der Waals surface area contributed by atoms with E-state index in [2.05, 4.69) is 28.4 Å². The quantitative estimate of drug-likeness (QED) is 0.495. The van der Waals surface area contributed by atoms with Crippen LogP contribution in [0.2, 0.25) is 0 Å². The third-order valence-electron chi connectivity index (χ3n) is 5.33. The third-order valence-corrected chi connectivity index (χ3v) is 5.33. The predicted molar refractivity (Wildman–Crippen MR) is 123 cm³/mol. The number of rotatable bonds is 6. The first kappa shape index (κ1) is 18.4. The van der Waals surface area contributed by atoms with Gasteiger partial charge in [-0.1, -0.05) is 66.2 Å². The molecule has 2 aromatic heterocycles. The summed E-state index contributed by atoms with van der Waals surface area (Å²) in [6.07, 6.45) is 4.19. The molecule has 4 aromatic rings. The molecule has 0 spiro atoms. The molecule has 6 heteroatoms. The maximum atomic E-state index is 12.8. The van der Waals surface area contributed by atoms with Gasteiger partial charge in [0.25, 0.3) is 5.56 Å². The van der Waals surface area contributed by atoms with Gasteiger partial charge in [-0.3, -0.25) is 4.79 Å². The van der Waals surface area contributed by atoms with Crippen molar-refractivity contribution in [1.82, 2.24) is 20.1 Å². The van der Waals surface area contributed by atoms with Gasteiger partial charge < -0.3 is 10.3 Å². The Morgan fingerprint density at radius 2 is 1.77 bits per heavy atom. The molecule has 5 nitrogen and oxygen atoms in total. The fourth-order valence-electron chi connectivity index (χ4n) is 3.79. The van der Waals surface area contributed by atoms with Gasteiger partial charge in [0.05, 0.1) is 5.69 Å². The number of pyridine rings is 1. The summed E-state index contributed by atoms with van der Waals surface area (Å²) in [5.74, 6) is 2.14. The number of H-pyrrole nitrogens is 1. The molecule has 0 saturated heterocycles. The van der Waals surface area contributed by atoms with Crippen LogP contribution in [0.1, 0.15) is 5.56 Å². The van der Waals surface area contributed by atoms with E-state index in [0.29, 0.717) is 17.8 Å². The molecule has 1 aliphatic heterocycles. The number of hydrogen-bond donors (Lipinski definition) is 2. The summed E-state index contributed by atoms with van der Waals surface area (Å²) in [7, 11) is 0.977. The summed E-state index contributed by atoms with van der Waals surface area (Å²) in [6.45, 7) is 1.28. The van der Waals surface area contributed by atoms with Crippen molar-refractivity contribution in [2.24, 2.45) is 0 Å². The molecule has 0 unspecified atom stereocenters. The van der Waals surface area contributed by atoms with Crippen molar-refractivity contribution in [3.63, 3.8) is 0 Å². The molecular weight excluding hydrogens is 371 g/mol. The molecule has 0 atom stereocenters. The highest BCUT2D eigenvalue weighted by molar-refractivity contribution is 6.52. The van der Waals surface area contributed by atoms with Crippen molar-refractivity contribution < 1.29 is 0 Å². The summed E-state index contributed by atoms with van der Waals surface area (Å²) in [4.78, 5) is 15.9. The minimum absolute atomic E-state index is 0.0924. The van der Waals surface area contributed by atoms with Gasteiger partial charge in [0.1, 0.15) is 11.3 Å². The lowest BCUT2D eigenvalue weighted by Gasteiger charge is -2.06. The van der Waals surface area contributed by atoms with E-state index in [0.717, 1.165) is 36.2 Å².